The van der Waals surface area contributed by atoms with Gasteiger partial charge in [-0.25, -0.2) is 4.79 Å². The molecular formula is C12H16N2O5. The van der Waals surface area contributed by atoms with Gasteiger partial charge >= 0.3 is 5.97 Å². The van der Waals surface area contributed by atoms with E-state index in [1.54, 1.807) is 0 Å². The summed E-state index contributed by atoms with van der Waals surface area (Å²) in [6.45, 7) is 2.47. The zero-order valence-electron chi connectivity index (χ0n) is 10.8. The van der Waals surface area contributed by atoms with Crippen LogP contribution in [0, 0.1) is 5.92 Å². The Balaban J connectivity index is 2.16. The van der Waals surface area contributed by atoms with Crippen LogP contribution in [0.2, 0.25) is 0 Å². The van der Waals surface area contributed by atoms with Crippen LogP contribution in [0.1, 0.15) is 29.6 Å². The van der Waals surface area contributed by atoms with E-state index in [4.69, 9.17) is 9.26 Å². The highest BCUT2D eigenvalue weighted by molar-refractivity contribution is 5.95. The van der Waals surface area contributed by atoms with E-state index >= 15 is 0 Å². The lowest BCUT2D eigenvalue weighted by Gasteiger charge is -2.22. The molecule has 1 N–H and O–H groups in total. The van der Waals surface area contributed by atoms with Gasteiger partial charge in [-0.05, 0) is 12.3 Å². The van der Waals surface area contributed by atoms with E-state index in [0.717, 1.165) is 0 Å². The highest BCUT2D eigenvalue weighted by atomic mass is 16.5. The fourth-order valence-electron chi connectivity index (χ4n) is 2.32. The molecule has 104 valence electrons. The Labute approximate surface area is 110 Å². The van der Waals surface area contributed by atoms with Gasteiger partial charge in [0, 0.05) is 19.7 Å². The van der Waals surface area contributed by atoms with Gasteiger partial charge in [0.25, 0.3) is 5.91 Å². The molecule has 7 heteroatoms. The van der Waals surface area contributed by atoms with E-state index < -0.39 is 17.9 Å². The molecule has 0 radical (unpaired) electrons. The Morgan fingerprint density at radius 1 is 1.63 bits per heavy atom. The average molecular weight is 268 g/mol. The molecule has 0 aliphatic carbocycles. The number of hydrogen-bond donors (Lipinski definition) is 1. The number of hydrogen-bond acceptors (Lipinski definition) is 5. The van der Waals surface area contributed by atoms with Gasteiger partial charge in [0.05, 0.1) is 0 Å². The van der Waals surface area contributed by atoms with Crippen LogP contribution < -0.4 is 0 Å². The van der Waals surface area contributed by atoms with Gasteiger partial charge in [0.2, 0.25) is 0 Å². The minimum atomic E-state index is -0.987. The molecule has 0 spiro atoms. The van der Waals surface area contributed by atoms with E-state index in [9.17, 15) is 14.7 Å². The number of aromatic nitrogens is 1. The van der Waals surface area contributed by atoms with Crippen LogP contribution in [-0.2, 0) is 16.1 Å². The second-order valence-corrected chi connectivity index (χ2v) is 4.66. The summed E-state index contributed by atoms with van der Waals surface area (Å²) >= 11 is 0. The summed E-state index contributed by atoms with van der Waals surface area (Å²) in [6.07, 6.45) is 0.672. The molecule has 0 saturated carbocycles. The zero-order chi connectivity index (χ0) is 14.0. The first kappa shape index (κ1) is 13.5. The summed E-state index contributed by atoms with van der Waals surface area (Å²) in [5.41, 5.74) is 0.118. The van der Waals surface area contributed by atoms with Crippen molar-refractivity contribution in [3.8, 4) is 0 Å². The van der Waals surface area contributed by atoms with Gasteiger partial charge < -0.3 is 19.3 Å². The van der Waals surface area contributed by atoms with Crippen LogP contribution in [0.4, 0.5) is 0 Å². The predicted octanol–water partition coefficient (Wildman–Crippen LogP) is 0.756. The molecule has 19 heavy (non-hydrogen) atoms. The average Bonchev–Trinajstić information content (AvgIpc) is 2.95. The van der Waals surface area contributed by atoms with E-state index in [-0.39, 0.29) is 18.2 Å². The van der Waals surface area contributed by atoms with Crippen LogP contribution in [0.25, 0.3) is 0 Å². The van der Waals surface area contributed by atoms with Gasteiger partial charge in [0.15, 0.2) is 11.5 Å². The van der Waals surface area contributed by atoms with Gasteiger partial charge in [-0.2, -0.15) is 0 Å². The largest absolute Gasteiger partial charge is 0.480 e. The number of carboxylic acids is 1. The number of likely N-dealkylation sites (tertiary alicyclic amines) is 1. The maximum absolute atomic E-state index is 12.2. The highest BCUT2D eigenvalue weighted by Crippen LogP contribution is 2.25. The molecule has 1 aliphatic rings. The van der Waals surface area contributed by atoms with Gasteiger partial charge in [-0.3, -0.25) is 4.79 Å². The number of aliphatic carboxylic acids is 1. The smallest absolute Gasteiger partial charge is 0.326 e. The third-order valence-corrected chi connectivity index (χ3v) is 3.28. The van der Waals surface area contributed by atoms with E-state index in [2.05, 4.69) is 5.16 Å². The Morgan fingerprint density at radius 2 is 2.37 bits per heavy atom. The van der Waals surface area contributed by atoms with E-state index in [0.29, 0.717) is 18.7 Å². The number of methoxy groups -OCH3 is 1. The lowest BCUT2D eigenvalue weighted by molar-refractivity contribution is -0.142. The van der Waals surface area contributed by atoms with Crippen LogP contribution in [0.3, 0.4) is 0 Å². The highest BCUT2D eigenvalue weighted by Gasteiger charge is 2.40. The predicted molar refractivity (Wildman–Crippen MR) is 63.5 cm³/mol. The van der Waals surface area contributed by atoms with Crippen molar-refractivity contribution in [2.45, 2.75) is 26.0 Å². The summed E-state index contributed by atoms with van der Waals surface area (Å²) in [6, 6.07) is 0.684. The molecule has 1 aromatic rings. The Kier molecular flexibility index (Phi) is 3.84. The van der Waals surface area contributed by atoms with Crippen molar-refractivity contribution >= 4 is 11.9 Å². The van der Waals surface area contributed by atoms with E-state index in [1.807, 2.05) is 6.92 Å². The normalized spacial score (nSPS) is 22.7. The molecule has 0 aromatic carbocycles. The summed E-state index contributed by atoms with van der Waals surface area (Å²) in [7, 11) is 1.51. The summed E-state index contributed by atoms with van der Waals surface area (Å²) < 4.78 is 9.81. The lowest BCUT2D eigenvalue weighted by Crippen LogP contribution is -2.42. The van der Waals surface area contributed by atoms with Crippen molar-refractivity contribution in [2.24, 2.45) is 5.92 Å². The second-order valence-electron chi connectivity index (χ2n) is 4.66. The van der Waals surface area contributed by atoms with Crippen LogP contribution >= 0.6 is 0 Å². The maximum Gasteiger partial charge on any atom is 0.326 e. The molecule has 2 heterocycles. The molecule has 0 bridgehead atoms. The zero-order valence-corrected chi connectivity index (χ0v) is 10.8. The first-order chi connectivity index (χ1) is 9.04. The summed E-state index contributed by atoms with van der Waals surface area (Å²) in [5, 5.41) is 12.8. The molecule has 1 fully saturated rings. The number of nitrogens with zero attached hydrogens (tertiary/aromatic N) is 2. The van der Waals surface area contributed by atoms with Crippen LogP contribution in [0.5, 0.6) is 0 Å². The van der Waals surface area contributed by atoms with Crippen molar-refractivity contribution in [3.05, 3.63) is 17.5 Å². The molecular weight excluding hydrogens is 252 g/mol. The summed E-state index contributed by atoms with van der Waals surface area (Å²) in [5.74, 6) is -1.03. The quantitative estimate of drug-likeness (QED) is 0.866. The third kappa shape index (κ3) is 2.60. The van der Waals surface area contributed by atoms with Crippen LogP contribution in [0.15, 0.2) is 10.6 Å². The molecule has 7 nitrogen and oxygen atoms in total. The SMILES string of the molecule is COCc1cc(C(=O)N2CCC(C)C2C(=O)O)no1. The van der Waals surface area contributed by atoms with Crippen molar-refractivity contribution in [1.29, 1.82) is 0 Å². The van der Waals surface area contributed by atoms with Gasteiger partial charge in [-0.15, -0.1) is 0 Å². The molecule has 2 atom stereocenters. The van der Waals surface area contributed by atoms with Crippen molar-refractivity contribution < 1.29 is 24.0 Å². The Bertz CT molecular complexity index is 484. The minimum Gasteiger partial charge on any atom is -0.480 e. The number of carbonyl (C=O) groups excluding carboxylic acids is 1. The minimum absolute atomic E-state index is 0.0632. The van der Waals surface area contributed by atoms with Crippen molar-refractivity contribution in [3.63, 3.8) is 0 Å². The maximum atomic E-state index is 12.2. The first-order valence-electron chi connectivity index (χ1n) is 6.03. The first-order valence-corrected chi connectivity index (χ1v) is 6.03. The number of ether oxygens (including phenoxy) is 1. The molecule has 2 unspecified atom stereocenters. The molecule has 1 amide bonds. The number of amides is 1. The van der Waals surface area contributed by atoms with Crippen LogP contribution in [-0.4, -0.2) is 46.7 Å². The summed E-state index contributed by atoms with van der Waals surface area (Å²) in [4.78, 5) is 24.8. The number of rotatable bonds is 4. The molecule has 1 aromatic heterocycles. The fourth-order valence-corrected chi connectivity index (χ4v) is 2.32. The molecule has 1 saturated heterocycles. The molecule has 2 rings (SSSR count). The third-order valence-electron chi connectivity index (χ3n) is 3.28. The van der Waals surface area contributed by atoms with Crippen molar-refractivity contribution in [2.75, 3.05) is 13.7 Å². The molecule has 1 aliphatic heterocycles. The monoisotopic (exact) mass is 268 g/mol. The number of carboxylic acid groups (broad SMARTS) is 1. The lowest BCUT2D eigenvalue weighted by atomic mass is 10.0. The number of carbonyl (C=O) groups is 2. The van der Waals surface area contributed by atoms with Gasteiger partial charge in [-0.1, -0.05) is 12.1 Å². The second kappa shape index (κ2) is 5.40. The topological polar surface area (TPSA) is 92.9 Å². The van der Waals surface area contributed by atoms with Gasteiger partial charge in [0.1, 0.15) is 12.6 Å². The Hall–Kier alpha value is -1.89. The standard InChI is InChI=1S/C12H16N2O5/c1-7-3-4-14(10(7)12(16)17)11(15)9-5-8(6-18-2)19-13-9/h5,7,10H,3-4,6H2,1-2H3,(H,16,17). The Morgan fingerprint density at radius 3 is 3.00 bits per heavy atom. The van der Waals surface area contributed by atoms with E-state index in [1.165, 1.54) is 18.1 Å². The van der Waals surface area contributed by atoms with Crippen molar-refractivity contribution in [1.82, 2.24) is 10.1 Å². The fraction of sp³-hybridized carbons (Fsp3) is 0.583.